The highest BCUT2D eigenvalue weighted by Gasteiger charge is 2.12. The van der Waals surface area contributed by atoms with Gasteiger partial charge in [-0.15, -0.1) is 0 Å². The van der Waals surface area contributed by atoms with Crippen molar-refractivity contribution in [3.05, 3.63) is 29.3 Å². The predicted molar refractivity (Wildman–Crippen MR) is 70.2 cm³/mol. The minimum absolute atomic E-state index is 0.119. The summed E-state index contributed by atoms with van der Waals surface area (Å²) in [6.45, 7) is 0. The number of thioether (sulfide) groups is 1. The molecule has 0 saturated carbocycles. The molecule has 0 saturated heterocycles. The van der Waals surface area contributed by atoms with Gasteiger partial charge < -0.3 is 9.92 Å². The topological polar surface area (TPSA) is 93.2 Å². The van der Waals surface area contributed by atoms with Gasteiger partial charge in [-0.1, -0.05) is 23.4 Å². The highest BCUT2D eigenvalue weighted by atomic mass is 35.5. The lowest BCUT2D eigenvalue weighted by Crippen LogP contribution is -2.17. The van der Waals surface area contributed by atoms with Gasteiger partial charge in [0.1, 0.15) is 5.75 Å². The normalized spacial score (nSPS) is 11.1. The number of halogens is 1. The summed E-state index contributed by atoms with van der Waals surface area (Å²) in [6, 6.07) is 6.02. The van der Waals surface area contributed by atoms with Crippen molar-refractivity contribution in [3.8, 4) is 5.75 Å². The summed E-state index contributed by atoms with van der Waals surface area (Å²) in [7, 11) is -3.66. The Hall–Kier alpha value is -0.920. The number of amidine groups is 1. The van der Waals surface area contributed by atoms with Crippen molar-refractivity contribution in [2.45, 2.75) is 0 Å². The molecule has 1 aromatic carbocycles. The first kappa shape index (κ1) is 14.1. The van der Waals surface area contributed by atoms with Gasteiger partial charge in [0.15, 0.2) is 5.17 Å². The first-order valence-corrected chi connectivity index (χ1v) is 7.48. The fourth-order valence-electron chi connectivity index (χ4n) is 0.932. The van der Waals surface area contributed by atoms with Crippen LogP contribution < -0.4 is 9.92 Å². The van der Waals surface area contributed by atoms with Crippen LogP contribution in [0.15, 0.2) is 24.3 Å². The van der Waals surface area contributed by atoms with Crippen molar-refractivity contribution < 1.29 is 12.6 Å². The number of benzene rings is 1. The molecule has 0 bridgehead atoms. The average molecular weight is 295 g/mol. The van der Waals surface area contributed by atoms with Crippen LogP contribution >= 0.6 is 23.4 Å². The third kappa shape index (κ3) is 5.81. The van der Waals surface area contributed by atoms with E-state index in [1.165, 1.54) is 24.3 Å². The second-order valence-electron chi connectivity index (χ2n) is 3.01. The highest BCUT2D eigenvalue weighted by molar-refractivity contribution is 8.14. The lowest BCUT2D eigenvalue weighted by atomic mass is 10.3. The van der Waals surface area contributed by atoms with Gasteiger partial charge in [-0.2, -0.15) is 8.42 Å². The van der Waals surface area contributed by atoms with Crippen molar-refractivity contribution in [2.24, 2.45) is 5.73 Å². The molecule has 0 radical (unpaired) electrons. The van der Waals surface area contributed by atoms with Crippen molar-refractivity contribution in [3.63, 3.8) is 0 Å². The lowest BCUT2D eigenvalue weighted by Gasteiger charge is -2.06. The minimum atomic E-state index is -3.66. The summed E-state index contributed by atoms with van der Waals surface area (Å²) < 4.78 is 27.8. The van der Waals surface area contributed by atoms with E-state index in [0.717, 1.165) is 11.8 Å². The summed E-state index contributed by atoms with van der Waals surface area (Å²) >= 11 is 6.61. The SMILES string of the molecule is N=C(N)SCCS(=O)(=O)Oc1ccc(Cl)cc1. The third-order valence-corrected chi connectivity index (χ3v) is 4.01. The Labute approximate surface area is 109 Å². The third-order valence-electron chi connectivity index (χ3n) is 1.63. The molecule has 94 valence electrons. The van der Waals surface area contributed by atoms with Gasteiger partial charge in [-0.25, -0.2) is 0 Å². The molecular formula is C9H11ClN2O3S2. The van der Waals surface area contributed by atoms with Crippen LogP contribution in [0, 0.1) is 5.41 Å². The molecule has 8 heteroatoms. The van der Waals surface area contributed by atoms with Crippen LogP contribution in [0.4, 0.5) is 0 Å². The van der Waals surface area contributed by atoms with Crippen molar-refractivity contribution >= 4 is 38.6 Å². The molecule has 0 heterocycles. The molecule has 3 N–H and O–H groups in total. The maximum Gasteiger partial charge on any atom is 0.310 e. The van der Waals surface area contributed by atoms with Gasteiger partial charge in [0.05, 0.1) is 5.75 Å². The first-order chi connectivity index (χ1) is 7.89. The zero-order valence-corrected chi connectivity index (χ0v) is 11.1. The quantitative estimate of drug-likeness (QED) is 0.489. The first-order valence-electron chi connectivity index (χ1n) is 4.53. The van der Waals surface area contributed by atoms with Gasteiger partial charge in [0.25, 0.3) is 0 Å². The van der Waals surface area contributed by atoms with E-state index in [1.54, 1.807) is 0 Å². The van der Waals surface area contributed by atoms with E-state index in [4.69, 9.17) is 26.9 Å². The Morgan fingerprint density at radius 3 is 2.53 bits per heavy atom. The summed E-state index contributed by atoms with van der Waals surface area (Å²) in [6.07, 6.45) is 0. The molecule has 0 fully saturated rings. The summed E-state index contributed by atoms with van der Waals surface area (Å²) in [5.41, 5.74) is 5.09. The van der Waals surface area contributed by atoms with Gasteiger partial charge in [-0.05, 0) is 24.3 Å². The number of hydrogen-bond donors (Lipinski definition) is 2. The number of hydrogen-bond acceptors (Lipinski definition) is 5. The smallest absolute Gasteiger partial charge is 0.310 e. The van der Waals surface area contributed by atoms with Gasteiger partial charge in [0, 0.05) is 10.8 Å². The van der Waals surface area contributed by atoms with Crippen LogP contribution in [-0.2, 0) is 10.1 Å². The molecule has 0 atom stereocenters. The van der Waals surface area contributed by atoms with Crippen LogP contribution in [0.1, 0.15) is 0 Å². The van der Waals surface area contributed by atoms with Crippen molar-refractivity contribution in [1.82, 2.24) is 0 Å². The van der Waals surface area contributed by atoms with Gasteiger partial charge in [0.2, 0.25) is 0 Å². The van der Waals surface area contributed by atoms with Crippen LogP contribution in [0.2, 0.25) is 5.02 Å². The number of nitrogens with one attached hydrogen (secondary N) is 1. The Balaban J connectivity index is 2.54. The largest absolute Gasteiger partial charge is 0.382 e. The zero-order chi connectivity index (χ0) is 12.9. The number of rotatable bonds is 5. The van der Waals surface area contributed by atoms with Gasteiger partial charge in [-0.3, -0.25) is 5.41 Å². The van der Waals surface area contributed by atoms with E-state index in [2.05, 4.69) is 0 Å². The molecule has 0 spiro atoms. The molecule has 0 unspecified atom stereocenters. The van der Waals surface area contributed by atoms with Crippen LogP contribution in [0.25, 0.3) is 0 Å². The minimum Gasteiger partial charge on any atom is -0.382 e. The monoisotopic (exact) mass is 294 g/mol. The van der Waals surface area contributed by atoms with E-state index in [1.807, 2.05) is 0 Å². The molecular weight excluding hydrogens is 284 g/mol. The molecule has 17 heavy (non-hydrogen) atoms. The molecule has 1 rings (SSSR count). The lowest BCUT2D eigenvalue weighted by molar-refractivity contribution is 0.488. The molecule has 5 nitrogen and oxygen atoms in total. The number of nitrogens with two attached hydrogens (primary N) is 1. The fourth-order valence-corrected chi connectivity index (χ4v) is 2.92. The molecule has 1 aromatic rings. The molecule has 0 aromatic heterocycles. The van der Waals surface area contributed by atoms with Crippen LogP contribution in [-0.4, -0.2) is 25.1 Å². The Kier molecular flexibility index (Phi) is 5.10. The Morgan fingerprint density at radius 1 is 1.41 bits per heavy atom. The van der Waals surface area contributed by atoms with Gasteiger partial charge >= 0.3 is 10.1 Å². The Bertz CT molecular complexity index is 487. The van der Waals surface area contributed by atoms with Crippen molar-refractivity contribution in [2.75, 3.05) is 11.5 Å². The predicted octanol–water partition coefficient (Wildman–Crippen LogP) is 1.68. The average Bonchev–Trinajstić information content (AvgIpc) is 2.20. The molecule has 0 aliphatic carbocycles. The summed E-state index contributed by atoms with van der Waals surface area (Å²) in [4.78, 5) is 0. The molecule has 0 amide bonds. The molecule has 0 aliphatic rings. The van der Waals surface area contributed by atoms with E-state index >= 15 is 0 Å². The van der Waals surface area contributed by atoms with E-state index < -0.39 is 10.1 Å². The second kappa shape index (κ2) is 6.13. The standard InChI is InChI=1S/C9H11ClN2O3S2/c10-7-1-3-8(4-2-7)15-17(13,14)6-5-16-9(11)12/h1-4H,5-6H2,(H3,11,12). The Morgan fingerprint density at radius 2 is 2.00 bits per heavy atom. The second-order valence-corrected chi connectivity index (χ2v) is 6.28. The van der Waals surface area contributed by atoms with Crippen LogP contribution in [0.5, 0.6) is 5.75 Å². The van der Waals surface area contributed by atoms with E-state index in [0.29, 0.717) is 5.02 Å². The van der Waals surface area contributed by atoms with Crippen molar-refractivity contribution in [1.29, 1.82) is 5.41 Å². The van der Waals surface area contributed by atoms with E-state index in [-0.39, 0.29) is 22.4 Å². The summed E-state index contributed by atoms with van der Waals surface area (Å²) in [5, 5.41) is 7.32. The summed E-state index contributed by atoms with van der Waals surface area (Å²) in [5.74, 6) is 0.188. The van der Waals surface area contributed by atoms with E-state index in [9.17, 15) is 8.42 Å². The maximum atomic E-state index is 11.5. The highest BCUT2D eigenvalue weighted by Crippen LogP contribution is 2.17. The zero-order valence-electron chi connectivity index (χ0n) is 8.72. The fraction of sp³-hybridized carbons (Fsp3) is 0.222. The van der Waals surface area contributed by atoms with Crippen LogP contribution in [0.3, 0.4) is 0 Å². The molecule has 0 aliphatic heterocycles. The maximum absolute atomic E-state index is 11.5.